The number of ether oxygens (including phenoxy) is 1. The summed E-state index contributed by atoms with van der Waals surface area (Å²) in [5.74, 6) is 0.120. The first-order valence-electron chi connectivity index (χ1n) is 6.58. The molecule has 4 nitrogen and oxygen atoms in total. The summed E-state index contributed by atoms with van der Waals surface area (Å²) in [6.45, 7) is 7.49. The number of fused-ring (bicyclic) bond motifs is 1. The van der Waals surface area contributed by atoms with Crippen LogP contribution in [0.1, 0.15) is 31.9 Å². The van der Waals surface area contributed by atoms with Crippen LogP contribution in [0.3, 0.4) is 0 Å². The summed E-state index contributed by atoms with van der Waals surface area (Å²) in [6, 6.07) is 5.42. The normalized spacial score (nSPS) is 15.9. The maximum atomic E-state index is 11.8. The third-order valence-electron chi connectivity index (χ3n) is 3.05. The second-order valence-electron chi connectivity index (χ2n) is 6.00. The molecule has 19 heavy (non-hydrogen) atoms. The topological polar surface area (TPSA) is 49.8 Å². The SMILES string of the molecule is CC(C)(C)OC(=O)CN1CCc2cc(O)ccc2C1. The third kappa shape index (κ3) is 3.96. The van der Waals surface area contributed by atoms with Gasteiger partial charge in [0, 0.05) is 13.1 Å². The minimum atomic E-state index is -0.434. The Hall–Kier alpha value is -1.55. The zero-order valence-electron chi connectivity index (χ0n) is 11.8. The van der Waals surface area contributed by atoms with Crippen molar-refractivity contribution in [3.63, 3.8) is 0 Å². The first kappa shape index (κ1) is 13.9. The average Bonchev–Trinajstić information content (AvgIpc) is 2.26. The lowest BCUT2D eigenvalue weighted by Crippen LogP contribution is -2.37. The van der Waals surface area contributed by atoms with E-state index in [-0.39, 0.29) is 5.97 Å². The highest BCUT2D eigenvalue weighted by Crippen LogP contribution is 2.23. The van der Waals surface area contributed by atoms with E-state index in [0.29, 0.717) is 12.3 Å². The largest absolute Gasteiger partial charge is 0.508 e. The van der Waals surface area contributed by atoms with E-state index in [2.05, 4.69) is 4.90 Å². The van der Waals surface area contributed by atoms with Gasteiger partial charge in [-0.25, -0.2) is 0 Å². The lowest BCUT2D eigenvalue weighted by Gasteiger charge is -2.29. The van der Waals surface area contributed by atoms with Crippen LogP contribution in [0.5, 0.6) is 5.75 Å². The van der Waals surface area contributed by atoms with E-state index in [0.717, 1.165) is 19.5 Å². The Morgan fingerprint density at radius 3 is 2.79 bits per heavy atom. The molecule has 1 heterocycles. The molecule has 0 radical (unpaired) electrons. The zero-order chi connectivity index (χ0) is 14.0. The minimum absolute atomic E-state index is 0.185. The van der Waals surface area contributed by atoms with Crippen LogP contribution in [-0.4, -0.2) is 34.7 Å². The number of nitrogens with zero attached hydrogens (tertiary/aromatic N) is 1. The number of phenols is 1. The van der Waals surface area contributed by atoms with Gasteiger partial charge in [-0.15, -0.1) is 0 Å². The molecule has 1 N–H and O–H groups in total. The van der Waals surface area contributed by atoms with Crippen molar-refractivity contribution in [2.24, 2.45) is 0 Å². The summed E-state index contributed by atoms with van der Waals surface area (Å²) in [6.07, 6.45) is 0.854. The molecule has 104 valence electrons. The highest BCUT2D eigenvalue weighted by Gasteiger charge is 2.22. The van der Waals surface area contributed by atoms with Gasteiger partial charge in [0.15, 0.2) is 0 Å². The predicted octanol–water partition coefficient (Wildman–Crippen LogP) is 2.09. The van der Waals surface area contributed by atoms with Crippen LogP contribution in [-0.2, 0) is 22.5 Å². The first-order chi connectivity index (χ1) is 8.83. The zero-order valence-corrected chi connectivity index (χ0v) is 11.8. The highest BCUT2D eigenvalue weighted by molar-refractivity contribution is 5.72. The minimum Gasteiger partial charge on any atom is -0.508 e. The quantitative estimate of drug-likeness (QED) is 0.830. The molecule has 0 aromatic heterocycles. The van der Waals surface area contributed by atoms with E-state index in [4.69, 9.17) is 4.74 Å². The maximum absolute atomic E-state index is 11.8. The molecule has 1 aliphatic heterocycles. The molecule has 0 spiro atoms. The van der Waals surface area contributed by atoms with E-state index in [1.807, 2.05) is 26.8 Å². The molecular weight excluding hydrogens is 242 g/mol. The third-order valence-corrected chi connectivity index (χ3v) is 3.05. The number of hydrogen-bond donors (Lipinski definition) is 1. The molecule has 1 aromatic carbocycles. The Bertz CT molecular complexity index is 477. The first-order valence-corrected chi connectivity index (χ1v) is 6.58. The summed E-state index contributed by atoms with van der Waals surface area (Å²) in [5, 5.41) is 9.44. The van der Waals surface area contributed by atoms with Crippen LogP contribution in [0.2, 0.25) is 0 Å². The van der Waals surface area contributed by atoms with Gasteiger partial charge in [-0.2, -0.15) is 0 Å². The molecule has 0 saturated carbocycles. The maximum Gasteiger partial charge on any atom is 0.320 e. The number of rotatable bonds is 2. The second-order valence-corrected chi connectivity index (χ2v) is 6.00. The molecule has 1 aromatic rings. The van der Waals surface area contributed by atoms with Gasteiger partial charge in [-0.1, -0.05) is 6.07 Å². The van der Waals surface area contributed by atoms with E-state index < -0.39 is 5.60 Å². The van der Waals surface area contributed by atoms with Crippen molar-refractivity contribution < 1.29 is 14.6 Å². The van der Waals surface area contributed by atoms with Gasteiger partial charge < -0.3 is 9.84 Å². The Labute approximate surface area is 114 Å². The lowest BCUT2D eigenvalue weighted by molar-refractivity contribution is -0.156. The summed E-state index contributed by atoms with van der Waals surface area (Å²) in [7, 11) is 0. The standard InChI is InChI=1S/C15H21NO3/c1-15(2,3)19-14(18)10-16-7-6-11-8-13(17)5-4-12(11)9-16/h4-5,8,17H,6-7,9-10H2,1-3H3. The fourth-order valence-corrected chi connectivity index (χ4v) is 2.29. The molecule has 4 heteroatoms. The van der Waals surface area contributed by atoms with Gasteiger partial charge in [0.2, 0.25) is 0 Å². The average molecular weight is 263 g/mol. The molecule has 0 aliphatic carbocycles. The Kier molecular flexibility index (Phi) is 3.80. The molecule has 0 unspecified atom stereocenters. The summed E-state index contributed by atoms with van der Waals surface area (Å²) in [5.41, 5.74) is 1.91. The monoisotopic (exact) mass is 263 g/mol. The van der Waals surface area contributed by atoms with Crippen molar-refractivity contribution in [3.8, 4) is 5.75 Å². The van der Waals surface area contributed by atoms with Crippen molar-refractivity contribution in [2.45, 2.75) is 39.3 Å². The van der Waals surface area contributed by atoms with Gasteiger partial charge in [0.05, 0.1) is 6.54 Å². The van der Waals surface area contributed by atoms with Crippen LogP contribution < -0.4 is 0 Å². The van der Waals surface area contributed by atoms with Crippen LogP contribution >= 0.6 is 0 Å². The molecule has 0 atom stereocenters. The summed E-state index contributed by atoms with van der Waals surface area (Å²) in [4.78, 5) is 13.9. The van der Waals surface area contributed by atoms with Gasteiger partial charge in [-0.05, 0) is 50.5 Å². The molecule has 0 amide bonds. The van der Waals surface area contributed by atoms with Gasteiger partial charge in [-0.3, -0.25) is 9.69 Å². The number of aromatic hydroxyl groups is 1. The van der Waals surface area contributed by atoms with E-state index >= 15 is 0 Å². The molecule has 0 bridgehead atoms. The summed E-state index contributed by atoms with van der Waals surface area (Å²) >= 11 is 0. The van der Waals surface area contributed by atoms with Crippen LogP contribution in [0.4, 0.5) is 0 Å². The molecule has 0 saturated heterocycles. The number of benzene rings is 1. The molecule has 1 aliphatic rings. The predicted molar refractivity (Wildman–Crippen MR) is 72.9 cm³/mol. The van der Waals surface area contributed by atoms with Crippen molar-refractivity contribution in [2.75, 3.05) is 13.1 Å². The van der Waals surface area contributed by atoms with E-state index in [1.165, 1.54) is 11.1 Å². The van der Waals surface area contributed by atoms with Gasteiger partial charge in [0.1, 0.15) is 11.4 Å². The fourth-order valence-electron chi connectivity index (χ4n) is 2.29. The number of carbonyl (C=O) groups is 1. The Balaban J connectivity index is 1.95. The van der Waals surface area contributed by atoms with E-state index in [9.17, 15) is 9.90 Å². The van der Waals surface area contributed by atoms with E-state index in [1.54, 1.807) is 12.1 Å². The molecule has 2 rings (SSSR count). The van der Waals surface area contributed by atoms with Gasteiger partial charge in [0.25, 0.3) is 0 Å². The molecule has 0 fully saturated rings. The second kappa shape index (κ2) is 5.21. The fraction of sp³-hybridized carbons (Fsp3) is 0.533. The summed E-state index contributed by atoms with van der Waals surface area (Å²) < 4.78 is 5.33. The number of esters is 1. The highest BCUT2D eigenvalue weighted by atomic mass is 16.6. The Morgan fingerprint density at radius 1 is 1.37 bits per heavy atom. The van der Waals surface area contributed by atoms with Crippen molar-refractivity contribution in [1.82, 2.24) is 4.90 Å². The van der Waals surface area contributed by atoms with Crippen LogP contribution in [0.15, 0.2) is 18.2 Å². The smallest absolute Gasteiger partial charge is 0.320 e. The van der Waals surface area contributed by atoms with Gasteiger partial charge >= 0.3 is 5.97 Å². The Morgan fingerprint density at radius 2 is 2.11 bits per heavy atom. The lowest BCUT2D eigenvalue weighted by atomic mass is 9.99. The number of phenolic OH excluding ortho intramolecular Hbond substituents is 1. The van der Waals surface area contributed by atoms with Crippen molar-refractivity contribution >= 4 is 5.97 Å². The van der Waals surface area contributed by atoms with Crippen LogP contribution in [0.25, 0.3) is 0 Å². The number of carbonyl (C=O) groups excluding carboxylic acids is 1. The molecular formula is C15H21NO3. The van der Waals surface area contributed by atoms with Crippen molar-refractivity contribution in [3.05, 3.63) is 29.3 Å². The number of hydrogen-bond acceptors (Lipinski definition) is 4. The van der Waals surface area contributed by atoms with Crippen LogP contribution in [0, 0.1) is 0 Å². The van der Waals surface area contributed by atoms with Crippen molar-refractivity contribution in [1.29, 1.82) is 0 Å².